The Balaban J connectivity index is 0.00000364. The summed E-state index contributed by atoms with van der Waals surface area (Å²) in [5.41, 5.74) is 1.77. The fourth-order valence-corrected chi connectivity index (χ4v) is 3.53. The van der Waals surface area contributed by atoms with Crippen LogP contribution in [0.3, 0.4) is 0 Å². The highest BCUT2D eigenvalue weighted by Gasteiger charge is 2.25. The molecule has 0 amide bonds. The van der Waals surface area contributed by atoms with Gasteiger partial charge >= 0.3 is 0 Å². The molecule has 1 saturated carbocycles. The van der Waals surface area contributed by atoms with E-state index < -0.39 is 0 Å². The highest BCUT2D eigenvalue weighted by Crippen LogP contribution is 2.30. The summed E-state index contributed by atoms with van der Waals surface area (Å²) >= 11 is 0. The van der Waals surface area contributed by atoms with E-state index in [0.717, 1.165) is 43.6 Å². The van der Waals surface area contributed by atoms with Crippen molar-refractivity contribution >= 4 is 29.9 Å². The first kappa shape index (κ1) is 23.7. The van der Waals surface area contributed by atoms with Gasteiger partial charge in [-0.15, -0.1) is 24.0 Å². The largest absolute Gasteiger partial charge is 0.378 e. The van der Waals surface area contributed by atoms with Crippen molar-refractivity contribution in [3.8, 4) is 6.07 Å². The van der Waals surface area contributed by atoms with Crippen LogP contribution in [0.1, 0.15) is 57.1 Å². The van der Waals surface area contributed by atoms with Gasteiger partial charge in [0.2, 0.25) is 0 Å². The molecule has 1 aromatic carbocycles. The molecule has 2 N–H and O–H groups in total. The Bertz CT molecular complexity index is 591. The highest BCUT2D eigenvalue weighted by molar-refractivity contribution is 14.0. The summed E-state index contributed by atoms with van der Waals surface area (Å²) < 4.78 is 5.99. The van der Waals surface area contributed by atoms with Crippen LogP contribution < -0.4 is 10.6 Å². The van der Waals surface area contributed by atoms with Crippen LogP contribution in [-0.2, 0) is 11.3 Å². The third-order valence-corrected chi connectivity index (χ3v) is 4.87. The van der Waals surface area contributed by atoms with E-state index >= 15 is 0 Å². The summed E-state index contributed by atoms with van der Waals surface area (Å²) in [4.78, 5) is 4.65. The Hall–Kier alpha value is -1.33. The first-order valence-electron chi connectivity index (χ1n) is 9.89. The van der Waals surface area contributed by atoms with Crippen LogP contribution in [-0.4, -0.2) is 31.8 Å². The number of nitrogens with zero attached hydrogens (tertiary/aromatic N) is 2. The molecule has 0 saturated heterocycles. The molecule has 0 aliphatic heterocycles. The standard InChI is InChI=1S/C21H32N4O.HI/c1-3-23-21(25-16-18-11-9-17(15-22)10-12-18)24-14-13-20(26-4-2)19-7-5-6-8-19;/h9-12,19-20H,3-8,13-14,16H2,1-2H3,(H2,23,24,25);1H. The number of nitrogens with one attached hydrogen (secondary N) is 2. The van der Waals surface area contributed by atoms with Gasteiger partial charge in [-0.1, -0.05) is 25.0 Å². The lowest BCUT2D eigenvalue weighted by molar-refractivity contribution is 0.0169. The molecular weight excluding hydrogens is 451 g/mol. The van der Waals surface area contributed by atoms with E-state index in [-0.39, 0.29) is 24.0 Å². The molecule has 0 radical (unpaired) electrons. The quantitative estimate of drug-likeness (QED) is 0.313. The van der Waals surface area contributed by atoms with Gasteiger partial charge in [0.25, 0.3) is 0 Å². The Morgan fingerprint density at radius 3 is 2.52 bits per heavy atom. The molecule has 0 aromatic heterocycles. The SMILES string of the molecule is CCNC(=NCc1ccc(C#N)cc1)NCCC(OCC)C1CCCC1.I. The average molecular weight is 484 g/mol. The lowest BCUT2D eigenvalue weighted by atomic mass is 9.98. The van der Waals surface area contributed by atoms with E-state index in [2.05, 4.69) is 35.5 Å². The minimum absolute atomic E-state index is 0. The van der Waals surface area contributed by atoms with Crippen LogP contribution >= 0.6 is 24.0 Å². The third kappa shape index (κ3) is 8.48. The molecule has 150 valence electrons. The number of hydrogen-bond acceptors (Lipinski definition) is 3. The Kier molecular flexibility index (Phi) is 12.1. The molecular formula is C21H33IN4O. The number of hydrogen-bond donors (Lipinski definition) is 2. The summed E-state index contributed by atoms with van der Waals surface area (Å²) in [5.74, 6) is 1.55. The summed E-state index contributed by atoms with van der Waals surface area (Å²) in [6, 6.07) is 9.71. The minimum atomic E-state index is 0. The van der Waals surface area contributed by atoms with Crippen molar-refractivity contribution in [2.45, 2.75) is 58.6 Å². The normalized spacial score (nSPS) is 15.7. The number of halogens is 1. The molecule has 27 heavy (non-hydrogen) atoms. The maximum absolute atomic E-state index is 8.87. The van der Waals surface area contributed by atoms with Gasteiger partial charge in [-0.2, -0.15) is 5.26 Å². The second-order valence-electron chi connectivity index (χ2n) is 6.76. The number of nitriles is 1. The van der Waals surface area contributed by atoms with Crippen molar-refractivity contribution in [2.75, 3.05) is 19.7 Å². The summed E-state index contributed by atoms with van der Waals surface area (Å²) in [6.45, 7) is 7.22. The summed E-state index contributed by atoms with van der Waals surface area (Å²) in [7, 11) is 0. The van der Waals surface area contributed by atoms with Crippen molar-refractivity contribution in [2.24, 2.45) is 10.9 Å². The molecule has 6 heteroatoms. The second kappa shape index (κ2) is 13.8. The van der Waals surface area contributed by atoms with Crippen molar-refractivity contribution < 1.29 is 4.74 Å². The first-order chi connectivity index (χ1) is 12.8. The number of benzene rings is 1. The molecule has 1 fully saturated rings. The molecule has 0 heterocycles. The van der Waals surface area contributed by atoms with Crippen LogP contribution in [0, 0.1) is 17.2 Å². The molecule has 1 unspecified atom stereocenters. The number of guanidine groups is 1. The monoisotopic (exact) mass is 484 g/mol. The van der Waals surface area contributed by atoms with E-state index in [4.69, 9.17) is 10.00 Å². The van der Waals surface area contributed by atoms with Crippen molar-refractivity contribution in [3.63, 3.8) is 0 Å². The number of ether oxygens (including phenoxy) is 1. The van der Waals surface area contributed by atoms with E-state index in [9.17, 15) is 0 Å². The lowest BCUT2D eigenvalue weighted by Crippen LogP contribution is -2.39. The fourth-order valence-electron chi connectivity index (χ4n) is 3.53. The maximum atomic E-state index is 8.87. The summed E-state index contributed by atoms with van der Waals surface area (Å²) in [6.07, 6.45) is 6.66. The molecule has 5 nitrogen and oxygen atoms in total. The number of aliphatic imine (C=N–C) groups is 1. The van der Waals surface area contributed by atoms with Crippen molar-refractivity contribution in [1.29, 1.82) is 5.26 Å². The zero-order chi connectivity index (χ0) is 18.6. The van der Waals surface area contributed by atoms with Gasteiger partial charge in [0, 0.05) is 19.7 Å². The Morgan fingerprint density at radius 1 is 1.22 bits per heavy atom. The minimum Gasteiger partial charge on any atom is -0.378 e. The molecule has 1 atom stereocenters. The Morgan fingerprint density at radius 2 is 1.93 bits per heavy atom. The zero-order valence-corrected chi connectivity index (χ0v) is 18.9. The average Bonchev–Trinajstić information content (AvgIpc) is 3.20. The predicted molar refractivity (Wildman–Crippen MR) is 121 cm³/mol. The van der Waals surface area contributed by atoms with Gasteiger partial charge in [-0.25, -0.2) is 4.99 Å². The molecule has 0 bridgehead atoms. The van der Waals surface area contributed by atoms with Crippen LogP contribution in [0.15, 0.2) is 29.3 Å². The predicted octanol–water partition coefficient (Wildman–Crippen LogP) is 4.22. The molecule has 0 spiro atoms. The maximum Gasteiger partial charge on any atom is 0.191 e. The first-order valence-corrected chi connectivity index (χ1v) is 9.89. The molecule has 1 aliphatic rings. The smallest absolute Gasteiger partial charge is 0.191 e. The highest BCUT2D eigenvalue weighted by atomic mass is 127. The van der Waals surface area contributed by atoms with Gasteiger partial charge in [-0.3, -0.25) is 0 Å². The second-order valence-corrected chi connectivity index (χ2v) is 6.76. The van der Waals surface area contributed by atoms with Gasteiger partial charge in [0.1, 0.15) is 0 Å². The fraction of sp³-hybridized carbons (Fsp3) is 0.619. The molecule has 1 aliphatic carbocycles. The van der Waals surface area contributed by atoms with Gasteiger partial charge in [0.05, 0.1) is 24.3 Å². The van der Waals surface area contributed by atoms with Crippen LogP contribution in [0.4, 0.5) is 0 Å². The van der Waals surface area contributed by atoms with E-state index in [1.807, 2.05) is 24.3 Å². The van der Waals surface area contributed by atoms with Crippen LogP contribution in [0.25, 0.3) is 0 Å². The van der Waals surface area contributed by atoms with Gasteiger partial charge in [-0.05, 0) is 56.7 Å². The van der Waals surface area contributed by atoms with E-state index in [0.29, 0.717) is 18.2 Å². The van der Waals surface area contributed by atoms with E-state index in [1.54, 1.807) is 0 Å². The van der Waals surface area contributed by atoms with E-state index in [1.165, 1.54) is 25.7 Å². The topological polar surface area (TPSA) is 69.4 Å². The van der Waals surface area contributed by atoms with Gasteiger partial charge < -0.3 is 15.4 Å². The third-order valence-electron chi connectivity index (χ3n) is 4.87. The van der Waals surface area contributed by atoms with Crippen molar-refractivity contribution in [1.82, 2.24) is 10.6 Å². The molecule has 2 rings (SSSR count). The number of rotatable bonds is 9. The lowest BCUT2D eigenvalue weighted by Gasteiger charge is -2.24. The van der Waals surface area contributed by atoms with Crippen LogP contribution in [0.5, 0.6) is 0 Å². The van der Waals surface area contributed by atoms with Crippen molar-refractivity contribution in [3.05, 3.63) is 35.4 Å². The van der Waals surface area contributed by atoms with Gasteiger partial charge in [0.15, 0.2) is 5.96 Å². The summed E-state index contributed by atoms with van der Waals surface area (Å²) in [5, 5.41) is 15.6. The molecule has 1 aromatic rings. The Labute approximate surface area is 181 Å². The van der Waals surface area contributed by atoms with Crippen LogP contribution in [0.2, 0.25) is 0 Å². The zero-order valence-electron chi connectivity index (χ0n) is 16.5.